The summed E-state index contributed by atoms with van der Waals surface area (Å²) in [7, 11) is 3.75. The SMILES string of the molecule is CN(C)C(=S)SCC(=O)N1CCN(CC(=O)NC(C)(C)C)CC1. The number of nitrogens with one attached hydrogen (secondary N) is 1. The van der Waals surface area contributed by atoms with Crippen LogP contribution in [0, 0.1) is 0 Å². The van der Waals surface area contributed by atoms with Crippen molar-refractivity contribution in [1.29, 1.82) is 0 Å². The molecule has 2 amide bonds. The Kier molecular flexibility index (Phi) is 7.76. The van der Waals surface area contributed by atoms with Crippen LogP contribution in [0.4, 0.5) is 0 Å². The fourth-order valence-electron chi connectivity index (χ4n) is 2.16. The Morgan fingerprint density at radius 2 is 1.74 bits per heavy atom. The van der Waals surface area contributed by atoms with Crippen molar-refractivity contribution in [2.24, 2.45) is 0 Å². The van der Waals surface area contributed by atoms with Crippen molar-refractivity contribution < 1.29 is 9.59 Å². The Balaban J connectivity index is 2.31. The van der Waals surface area contributed by atoms with Gasteiger partial charge in [-0.1, -0.05) is 24.0 Å². The number of amides is 2. The predicted molar refractivity (Wildman–Crippen MR) is 99.7 cm³/mol. The van der Waals surface area contributed by atoms with Crippen LogP contribution in [-0.4, -0.2) is 88.9 Å². The van der Waals surface area contributed by atoms with Crippen LogP contribution in [0.3, 0.4) is 0 Å². The summed E-state index contributed by atoms with van der Waals surface area (Å²) >= 11 is 6.57. The second-order valence-corrected chi connectivity index (χ2v) is 8.51. The molecule has 1 N–H and O–H groups in total. The molecular formula is C15H28N4O2S2. The molecule has 8 heteroatoms. The molecule has 0 radical (unpaired) electrons. The molecule has 6 nitrogen and oxygen atoms in total. The van der Waals surface area contributed by atoms with Crippen molar-refractivity contribution in [3.63, 3.8) is 0 Å². The summed E-state index contributed by atoms with van der Waals surface area (Å²) in [5.74, 6) is 0.517. The third-order valence-electron chi connectivity index (χ3n) is 3.29. The Morgan fingerprint density at radius 1 is 1.17 bits per heavy atom. The molecule has 1 saturated heterocycles. The largest absolute Gasteiger partial charge is 0.364 e. The number of nitrogens with zero attached hydrogens (tertiary/aromatic N) is 3. The van der Waals surface area contributed by atoms with Gasteiger partial charge in [-0.3, -0.25) is 14.5 Å². The zero-order chi connectivity index (χ0) is 17.6. The lowest BCUT2D eigenvalue weighted by Gasteiger charge is -2.35. The van der Waals surface area contributed by atoms with Crippen molar-refractivity contribution in [3.05, 3.63) is 0 Å². The highest BCUT2D eigenvalue weighted by Crippen LogP contribution is 2.10. The normalized spacial score (nSPS) is 16.1. The summed E-state index contributed by atoms with van der Waals surface area (Å²) in [6, 6.07) is 0. The maximum absolute atomic E-state index is 12.2. The van der Waals surface area contributed by atoms with Gasteiger partial charge in [-0.2, -0.15) is 0 Å². The molecule has 0 aromatic carbocycles. The Labute approximate surface area is 148 Å². The van der Waals surface area contributed by atoms with Gasteiger partial charge in [0.15, 0.2) is 0 Å². The molecule has 1 aliphatic heterocycles. The highest BCUT2D eigenvalue weighted by atomic mass is 32.2. The molecule has 0 bridgehead atoms. The third-order valence-corrected chi connectivity index (χ3v) is 5.01. The molecule has 0 aromatic rings. The molecule has 0 atom stereocenters. The van der Waals surface area contributed by atoms with E-state index in [0.717, 1.165) is 17.4 Å². The molecule has 23 heavy (non-hydrogen) atoms. The van der Waals surface area contributed by atoms with E-state index in [1.807, 2.05) is 44.7 Å². The minimum Gasteiger partial charge on any atom is -0.364 e. The second kappa shape index (κ2) is 8.84. The summed E-state index contributed by atoms with van der Waals surface area (Å²) in [5, 5.41) is 2.96. The fourth-order valence-corrected chi connectivity index (χ4v) is 3.02. The molecule has 132 valence electrons. The monoisotopic (exact) mass is 360 g/mol. The van der Waals surface area contributed by atoms with E-state index in [1.165, 1.54) is 11.8 Å². The highest BCUT2D eigenvalue weighted by molar-refractivity contribution is 8.23. The first kappa shape index (κ1) is 20.2. The van der Waals surface area contributed by atoms with E-state index >= 15 is 0 Å². The van der Waals surface area contributed by atoms with Crippen molar-refractivity contribution in [2.45, 2.75) is 26.3 Å². The molecule has 0 saturated carbocycles. The lowest BCUT2D eigenvalue weighted by atomic mass is 10.1. The standard InChI is InChI=1S/C15H28N4O2S2/c1-15(2,3)16-12(20)10-18-6-8-19(9-7-18)13(21)11-23-14(22)17(4)5/h6-11H2,1-5H3,(H,16,20). The van der Waals surface area contributed by atoms with Crippen LogP contribution in [0.25, 0.3) is 0 Å². The van der Waals surface area contributed by atoms with Gasteiger partial charge < -0.3 is 15.1 Å². The maximum Gasteiger partial charge on any atom is 0.234 e. The number of thiocarbonyl (C=S) groups is 1. The number of thioether (sulfide) groups is 1. The van der Waals surface area contributed by atoms with Crippen LogP contribution in [-0.2, 0) is 9.59 Å². The fraction of sp³-hybridized carbons (Fsp3) is 0.800. The predicted octanol–water partition coefficient (Wildman–Crippen LogP) is 0.625. The average molecular weight is 361 g/mol. The van der Waals surface area contributed by atoms with Crippen LogP contribution in [0.15, 0.2) is 0 Å². The summed E-state index contributed by atoms with van der Waals surface area (Å²) in [5.41, 5.74) is -0.211. The first-order chi connectivity index (χ1) is 10.6. The van der Waals surface area contributed by atoms with Gasteiger partial charge in [0.2, 0.25) is 11.8 Å². The number of hydrogen-bond acceptors (Lipinski definition) is 5. The first-order valence-corrected chi connectivity index (χ1v) is 9.13. The van der Waals surface area contributed by atoms with E-state index in [2.05, 4.69) is 10.2 Å². The summed E-state index contributed by atoms with van der Waals surface area (Å²) in [4.78, 5) is 29.9. The number of hydrogen-bond donors (Lipinski definition) is 1. The van der Waals surface area contributed by atoms with Crippen molar-refractivity contribution >= 4 is 40.1 Å². The zero-order valence-electron chi connectivity index (χ0n) is 14.7. The van der Waals surface area contributed by atoms with Crippen molar-refractivity contribution in [3.8, 4) is 0 Å². The van der Waals surface area contributed by atoms with Crippen molar-refractivity contribution in [2.75, 3.05) is 52.6 Å². The maximum atomic E-state index is 12.2. The van der Waals surface area contributed by atoms with E-state index in [9.17, 15) is 9.59 Å². The third kappa shape index (κ3) is 7.99. The molecule has 1 fully saturated rings. The Morgan fingerprint density at radius 3 is 2.22 bits per heavy atom. The Hall–Kier alpha value is -0.860. The average Bonchev–Trinajstić information content (AvgIpc) is 2.42. The molecular weight excluding hydrogens is 332 g/mol. The van der Waals surface area contributed by atoms with E-state index in [-0.39, 0.29) is 17.4 Å². The quantitative estimate of drug-likeness (QED) is 0.742. The van der Waals surface area contributed by atoms with Gasteiger partial charge in [0.05, 0.1) is 12.3 Å². The minimum atomic E-state index is -0.211. The summed E-state index contributed by atoms with van der Waals surface area (Å²) in [6.07, 6.45) is 0. The van der Waals surface area contributed by atoms with Crippen LogP contribution in [0.1, 0.15) is 20.8 Å². The lowest BCUT2D eigenvalue weighted by Crippen LogP contribution is -2.53. The van der Waals surface area contributed by atoms with E-state index in [0.29, 0.717) is 25.4 Å². The molecule has 0 spiro atoms. The van der Waals surface area contributed by atoms with Gasteiger partial charge in [0.25, 0.3) is 0 Å². The van der Waals surface area contributed by atoms with Crippen LogP contribution in [0.2, 0.25) is 0 Å². The van der Waals surface area contributed by atoms with E-state index in [1.54, 1.807) is 0 Å². The summed E-state index contributed by atoms with van der Waals surface area (Å²) in [6.45, 7) is 9.08. The van der Waals surface area contributed by atoms with Crippen LogP contribution < -0.4 is 5.32 Å². The molecule has 0 unspecified atom stereocenters. The zero-order valence-corrected chi connectivity index (χ0v) is 16.4. The first-order valence-electron chi connectivity index (χ1n) is 7.74. The molecule has 1 aliphatic rings. The number of carbonyl (C=O) groups is 2. The summed E-state index contributed by atoms with van der Waals surface area (Å²) < 4.78 is 0.718. The lowest BCUT2D eigenvalue weighted by molar-refractivity contribution is -0.130. The van der Waals surface area contributed by atoms with Gasteiger partial charge in [0.1, 0.15) is 4.32 Å². The highest BCUT2D eigenvalue weighted by Gasteiger charge is 2.23. The van der Waals surface area contributed by atoms with Gasteiger partial charge in [-0.15, -0.1) is 0 Å². The van der Waals surface area contributed by atoms with E-state index in [4.69, 9.17) is 12.2 Å². The second-order valence-electron chi connectivity index (χ2n) is 6.90. The minimum absolute atomic E-state index is 0.0316. The molecule has 1 heterocycles. The Bertz CT molecular complexity index is 441. The number of carbonyl (C=O) groups excluding carboxylic acids is 2. The molecule has 1 rings (SSSR count). The molecule has 0 aliphatic carbocycles. The van der Waals surface area contributed by atoms with Crippen LogP contribution >= 0.6 is 24.0 Å². The van der Waals surface area contributed by atoms with Crippen molar-refractivity contribution in [1.82, 2.24) is 20.0 Å². The van der Waals surface area contributed by atoms with E-state index < -0.39 is 0 Å². The van der Waals surface area contributed by atoms with Gasteiger partial charge in [0, 0.05) is 45.8 Å². The number of rotatable bonds is 4. The van der Waals surface area contributed by atoms with Gasteiger partial charge in [-0.05, 0) is 20.8 Å². The van der Waals surface area contributed by atoms with Gasteiger partial charge >= 0.3 is 0 Å². The van der Waals surface area contributed by atoms with Gasteiger partial charge in [-0.25, -0.2) is 0 Å². The smallest absolute Gasteiger partial charge is 0.234 e. The number of piperazine rings is 1. The topological polar surface area (TPSA) is 55.9 Å². The van der Waals surface area contributed by atoms with Crippen LogP contribution in [0.5, 0.6) is 0 Å². The molecule has 0 aromatic heterocycles.